The molecule has 0 radical (unpaired) electrons. The van der Waals surface area contributed by atoms with Gasteiger partial charge in [-0.25, -0.2) is 0 Å². The summed E-state index contributed by atoms with van der Waals surface area (Å²) in [7, 11) is 0. The van der Waals surface area contributed by atoms with Gasteiger partial charge in [0.15, 0.2) is 5.43 Å². The first-order chi connectivity index (χ1) is 13.0. The highest BCUT2D eigenvalue weighted by molar-refractivity contribution is 5.96. The summed E-state index contributed by atoms with van der Waals surface area (Å²) in [5.41, 5.74) is 8.01. The van der Waals surface area contributed by atoms with Gasteiger partial charge in [0.2, 0.25) is 5.91 Å². The second-order valence-electron chi connectivity index (χ2n) is 7.13. The third-order valence-electron chi connectivity index (χ3n) is 5.14. The van der Waals surface area contributed by atoms with Crippen LogP contribution in [-0.2, 0) is 6.54 Å². The molecule has 1 amide bonds. The molecule has 0 aliphatic carbocycles. The number of aromatic nitrogens is 2. The summed E-state index contributed by atoms with van der Waals surface area (Å²) in [4.78, 5) is 29.6. The molecule has 7 heteroatoms. The molecule has 1 atom stereocenters. The molecule has 27 heavy (non-hydrogen) atoms. The number of benzene rings is 1. The van der Waals surface area contributed by atoms with Gasteiger partial charge in [-0.1, -0.05) is 11.6 Å². The molecule has 1 saturated heterocycles. The fourth-order valence-corrected chi connectivity index (χ4v) is 3.82. The van der Waals surface area contributed by atoms with Crippen LogP contribution in [0.2, 0.25) is 0 Å². The number of amides is 1. The molecule has 1 aromatic carbocycles. The van der Waals surface area contributed by atoms with Gasteiger partial charge in [-0.2, -0.15) is 0 Å². The predicted octanol–water partition coefficient (Wildman–Crippen LogP) is 2.65. The summed E-state index contributed by atoms with van der Waals surface area (Å²) in [5.74, 6) is 0.263. The van der Waals surface area contributed by atoms with Gasteiger partial charge in [-0.05, 0) is 44.5 Å². The van der Waals surface area contributed by atoms with Crippen molar-refractivity contribution in [3.05, 3.63) is 63.3 Å². The number of carbonyl (C=O) groups excluding carboxylic acids is 1. The van der Waals surface area contributed by atoms with Crippen LogP contribution in [-0.4, -0.2) is 27.5 Å². The Balaban J connectivity index is 1.64. The maximum absolute atomic E-state index is 12.6. The Morgan fingerprint density at radius 3 is 2.93 bits per heavy atom. The zero-order chi connectivity index (χ0) is 19.0. The molecule has 1 aliphatic heterocycles. The molecular formula is C20H22N4O3. The zero-order valence-electron chi connectivity index (χ0n) is 15.2. The number of hydrogen-bond donors (Lipinski definition) is 2. The third-order valence-corrected chi connectivity index (χ3v) is 5.14. The Labute approximate surface area is 156 Å². The summed E-state index contributed by atoms with van der Waals surface area (Å²) < 4.78 is 5.25. The number of nitrogens with two attached hydrogens (primary N) is 1. The van der Waals surface area contributed by atoms with Crippen LogP contribution in [0.25, 0.3) is 10.9 Å². The van der Waals surface area contributed by atoms with Crippen LogP contribution in [0.1, 0.15) is 52.8 Å². The van der Waals surface area contributed by atoms with Gasteiger partial charge >= 0.3 is 0 Å². The fourth-order valence-electron chi connectivity index (χ4n) is 3.82. The highest BCUT2D eigenvalue weighted by Crippen LogP contribution is 2.31. The Hall–Kier alpha value is -2.93. The lowest BCUT2D eigenvalue weighted by Gasteiger charge is -2.34. The first kappa shape index (κ1) is 17.5. The van der Waals surface area contributed by atoms with E-state index >= 15 is 0 Å². The standard InChI is InChI=1S/C20H22N4O3/c1-12-8-17(23-27-12)18-4-2-3-7-24(18)11-14-10-19(25)15-9-13(20(21)26)5-6-16(15)22-14/h5-6,8-10,18H,2-4,7,11H2,1H3,(H2,21,26)(H,22,25). The molecule has 3 N–H and O–H groups in total. The van der Waals surface area contributed by atoms with Crippen molar-refractivity contribution in [2.24, 2.45) is 5.73 Å². The van der Waals surface area contributed by atoms with Crippen molar-refractivity contribution in [3.8, 4) is 0 Å². The zero-order valence-corrected chi connectivity index (χ0v) is 15.2. The molecule has 0 saturated carbocycles. The summed E-state index contributed by atoms with van der Waals surface area (Å²) in [6.45, 7) is 3.46. The van der Waals surface area contributed by atoms with E-state index in [1.54, 1.807) is 24.3 Å². The van der Waals surface area contributed by atoms with Gasteiger partial charge in [0.1, 0.15) is 11.5 Å². The molecule has 1 aliphatic rings. The lowest BCUT2D eigenvalue weighted by Crippen LogP contribution is -2.33. The van der Waals surface area contributed by atoms with E-state index in [4.69, 9.17) is 10.3 Å². The minimum absolute atomic E-state index is 0.118. The van der Waals surface area contributed by atoms with E-state index in [1.165, 1.54) is 0 Å². The minimum atomic E-state index is -0.542. The third kappa shape index (κ3) is 3.50. The average molecular weight is 366 g/mol. The second kappa shape index (κ2) is 7.00. The Morgan fingerprint density at radius 2 is 2.19 bits per heavy atom. The number of aryl methyl sites for hydroxylation is 1. The number of piperidine rings is 1. The quantitative estimate of drug-likeness (QED) is 0.738. The molecule has 4 rings (SSSR count). The van der Waals surface area contributed by atoms with Crippen LogP contribution >= 0.6 is 0 Å². The van der Waals surface area contributed by atoms with Gasteiger partial charge in [-0.15, -0.1) is 0 Å². The molecule has 140 valence electrons. The van der Waals surface area contributed by atoms with Crippen LogP contribution in [0.15, 0.2) is 39.6 Å². The lowest BCUT2D eigenvalue weighted by atomic mass is 9.99. The van der Waals surface area contributed by atoms with Crippen molar-refractivity contribution in [3.63, 3.8) is 0 Å². The number of carbonyl (C=O) groups is 1. The first-order valence-electron chi connectivity index (χ1n) is 9.14. The number of rotatable bonds is 4. The van der Waals surface area contributed by atoms with Gasteiger partial charge in [0, 0.05) is 40.8 Å². The number of likely N-dealkylation sites (tertiary alicyclic amines) is 1. The van der Waals surface area contributed by atoms with Crippen LogP contribution in [0.3, 0.4) is 0 Å². The molecule has 3 aromatic rings. The number of primary amides is 1. The van der Waals surface area contributed by atoms with E-state index in [9.17, 15) is 9.59 Å². The Bertz CT molecular complexity index is 1050. The molecule has 3 heterocycles. The summed E-state index contributed by atoms with van der Waals surface area (Å²) >= 11 is 0. The van der Waals surface area contributed by atoms with Gasteiger partial charge < -0.3 is 15.2 Å². The van der Waals surface area contributed by atoms with E-state index in [0.29, 0.717) is 23.0 Å². The van der Waals surface area contributed by atoms with Crippen molar-refractivity contribution in [2.75, 3.05) is 6.54 Å². The van der Waals surface area contributed by atoms with E-state index in [1.807, 2.05) is 13.0 Å². The van der Waals surface area contributed by atoms with Crippen molar-refractivity contribution in [1.29, 1.82) is 0 Å². The minimum Gasteiger partial charge on any atom is -0.366 e. The fraction of sp³-hybridized carbons (Fsp3) is 0.350. The smallest absolute Gasteiger partial charge is 0.248 e. The number of nitrogens with zero attached hydrogens (tertiary/aromatic N) is 2. The molecular weight excluding hydrogens is 344 g/mol. The maximum atomic E-state index is 12.6. The number of fused-ring (bicyclic) bond motifs is 1. The van der Waals surface area contributed by atoms with E-state index < -0.39 is 5.91 Å². The van der Waals surface area contributed by atoms with E-state index in [0.717, 1.165) is 43.0 Å². The summed E-state index contributed by atoms with van der Waals surface area (Å²) in [6.07, 6.45) is 3.29. The average Bonchev–Trinajstić information content (AvgIpc) is 3.08. The Kier molecular flexibility index (Phi) is 4.53. The van der Waals surface area contributed by atoms with Crippen LogP contribution in [0, 0.1) is 6.92 Å². The predicted molar refractivity (Wildman–Crippen MR) is 101 cm³/mol. The van der Waals surface area contributed by atoms with Crippen molar-refractivity contribution >= 4 is 16.8 Å². The molecule has 0 spiro atoms. The summed E-state index contributed by atoms with van der Waals surface area (Å²) in [5, 5.41) is 4.66. The largest absolute Gasteiger partial charge is 0.366 e. The number of aromatic amines is 1. The summed E-state index contributed by atoms with van der Waals surface area (Å²) in [6, 6.07) is 8.68. The van der Waals surface area contributed by atoms with Crippen LogP contribution in [0.4, 0.5) is 0 Å². The second-order valence-corrected chi connectivity index (χ2v) is 7.13. The van der Waals surface area contributed by atoms with Gasteiger partial charge in [0.05, 0.1) is 6.04 Å². The van der Waals surface area contributed by atoms with Crippen LogP contribution < -0.4 is 11.2 Å². The number of nitrogens with one attached hydrogen (secondary N) is 1. The molecule has 1 unspecified atom stereocenters. The maximum Gasteiger partial charge on any atom is 0.248 e. The van der Waals surface area contributed by atoms with E-state index in [-0.39, 0.29) is 11.5 Å². The molecule has 0 bridgehead atoms. The Morgan fingerprint density at radius 1 is 1.33 bits per heavy atom. The number of hydrogen-bond acceptors (Lipinski definition) is 5. The molecule has 7 nitrogen and oxygen atoms in total. The van der Waals surface area contributed by atoms with E-state index in [2.05, 4.69) is 15.0 Å². The monoisotopic (exact) mass is 366 g/mol. The normalized spacial score (nSPS) is 18.0. The van der Waals surface area contributed by atoms with Crippen LogP contribution in [0.5, 0.6) is 0 Å². The molecule has 2 aromatic heterocycles. The van der Waals surface area contributed by atoms with Gasteiger partial charge in [-0.3, -0.25) is 14.5 Å². The first-order valence-corrected chi connectivity index (χ1v) is 9.14. The lowest BCUT2D eigenvalue weighted by molar-refractivity contribution is 0.100. The van der Waals surface area contributed by atoms with Crippen molar-refractivity contribution < 1.29 is 9.32 Å². The SMILES string of the molecule is Cc1cc(C2CCCCN2Cc2cc(=O)c3cc(C(N)=O)ccc3[nH]2)no1. The highest BCUT2D eigenvalue weighted by Gasteiger charge is 2.26. The molecule has 1 fully saturated rings. The van der Waals surface area contributed by atoms with Crippen molar-refractivity contribution in [2.45, 2.75) is 38.8 Å². The van der Waals surface area contributed by atoms with Crippen molar-refractivity contribution in [1.82, 2.24) is 15.0 Å². The number of pyridine rings is 1. The topological polar surface area (TPSA) is 105 Å². The number of H-pyrrole nitrogens is 1. The highest BCUT2D eigenvalue weighted by atomic mass is 16.5. The van der Waals surface area contributed by atoms with Gasteiger partial charge in [0.25, 0.3) is 0 Å².